The van der Waals surface area contributed by atoms with Crippen molar-refractivity contribution in [3.05, 3.63) is 35.9 Å². The molecule has 1 aromatic carbocycles. The quantitative estimate of drug-likeness (QED) is 0.755. The number of benzene rings is 1. The van der Waals surface area contributed by atoms with E-state index in [1.54, 1.807) is 0 Å². The molecule has 1 aliphatic rings. The molecule has 2 nitrogen and oxygen atoms in total. The van der Waals surface area contributed by atoms with Crippen LogP contribution in [0.25, 0.3) is 11.6 Å². The largest absolute Gasteiger partial charge is 0.379 e. The molecular weight excluding hydrogens is 196 g/mol. The molecule has 0 unspecified atom stereocenters. The highest BCUT2D eigenvalue weighted by Crippen LogP contribution is 2.38. The van der Waals surface area contributed by atoms with E-state index in [1.807, 2.05) is 0 Å². The Labute approximate surface area is 96.4 Å². The molecule has 2 heteroatoms. The Morgan fingerprint density at radius 2 is 2.31 bits per heavy atom. The highest BCUT2D eigenvalue weighted by Gasteiger charge is 2.13. The van der Waals surface area contributed by atoms with Crippen molar-refractivity contribution >= 4 is 29.7 Å². The first-order valence-corrected chi connectivity index (χ1v) is 5.50. The Bertz CT molecular complexity index is 470. The fourth-order valence-corrected chi connectivity index (χ4v) is 1.92. The van der Waals surface area contributed by atoms with Gasteiger partial charge in [0, 0.05) is 12.1 Å². The van der Waals surface area contributed by atoms with Gasteiger partial charge in [-0.25, -0.2) is 0 Å². The van der Waals surface area contributed by atoms with Gasteiger partial charge < -0.3 is 5.32 Å². The second-order valence-corrected chi connectivity index (χ2v) is 3.82. The summed E-state index contributed by atoms with van der Waals surface area (Å²) in [6.07, 6.45) is 5.14. The molecule has 0 saturated heterocycles. The number of fused-ring (bicyclic) bond motifs is 1. The minimum atomic E-state index is 0.845. The number of nitrogens with one attached hydrogen (secondary N) is 1. The highest BCUT2D eigenvalue weighted by atomic mass is 14.9. The van der Waals surface area contributed by atoms with Gasteiger partial charge >= 0.3 is 0 Å². The molecule has 1 N–H and O–H groups in total. The van der Waals surface area contributed by atoms with Crippen LogP contribution in [0.5, 0.6) is 0 Å². The molecule has 1 aromatic rings. The monoisotopic (exact) mass is 212 g/mol. The number of nitrogens with zero attached hydrogens (tertiary/aromatic N) is 1. The molecule has 0 amide bonds. The fourth-order valence-electron chi connectivity index (χ4n) is 1.92. The van der Waals surface area contributed by atoms with Crippen LogP contribution in [0.4, 0.5) is 11.4 Å². The molecule has 0 saturated carbocycles. The molecule has 0 fully saturated rings. The van der Waals surface area contributed by atoms with Crippen LogP contribution in [-0.4, -0.2) is 13.3 Å². The van der Waals surface area contributed by atoms with Crippen molar-refractivity contribution in [2.24, 2.45) is 4.99 Å². The summed E-state index contributed by atoms with van der Waals surface area (Å²) in [5.74, 6) is 0. The van der Waals surface area contributed by atoms with Crippen LogP contribution >= 0.6 is 0 Å². The lowest BCUT2D eigenvalue weighted by molar-refractivity contribution is 1.23. The Kier molecular flexibility index (Phi) is 2.91. The van der Waals surface area contributed by atoms with E-state index in [0.717, 1.165) is 35.5 Å². The number of hydrogen-bond acceptors (Lipinski definition) is 2. The van der Waals surface area contributed by atoms with Gasteiger partial charge in [0.25, 0.3) is 0 Å². The fraction of sp³-hybridized carbons (Fsp3) is 0.214. The molecular formula is C14H16N2. The number of anilines is 1. The van der Waals surface area contributed by atoms with E-state index < -0.39 is 0 Å². The van der Waals surface area contributed by atoms with E-state index in [-0.39, 0.29) is 0 Å². The summed E-state index contributed by atoms with van der Waals surface area (Å²) >= 11 is 0. The summed E-state index contributed by atoms with van der Waals surface area (Å²) in [5, 5.41) is 3.34. The number of rotatable bonds is 3. The van der Waals surface area contributed by atoms with Gasteiger partial charge in [0.15, 0.2) is 0 Å². The lowest BCUT2D eigenvalue weighted by Crippen LogP contribution is -2.05. The minimum absolute atomic E-state index is 0.845. The molecule has 82 valence electrons. The first-order valence-electron chi connectivity index (χ1n) is 5.50. The number of aliphatic imine (C=N–C) groups is 1. The van der Waals surface area contributed by atoms with Crippen molar-refractivity contribution in [3.63, 3.8) is 0 Å². The average Bonchev–Trinajstić information content (AvgIpc) is 2.36. The normalized spacial score (nSPS) is 12.8. The lowest BCUT2D eigenvalue weighted by atomic mass is 9.98. The maximum Gasteiger partial charge on any atom is 0.0934 e. The maximum atomic E-state index is 4.15. The zero-order valence-electron chi connectivity index (χ0n) is 9.59. The SMILES string of the molecule is C=Nc1c(C(=C)CC)ccc2c1NCC=C2. The third-order valence-electron chi connectivity index (χ3n) is 2.87. The first-order chi connectivity index (χ1) is 7.77. The number of allylic oxidation sites excluding steroid dienone is 1. The predicted octanol–water partition coefficient (Wildman–Crippen LogP) is 3.88. The van der Waals surface area contributed by atoms with E-state index in [2.05, 4.69) is 54.8 Å². The summed E-state index contributed by atoms with van der Waals surface area (Å²) < 4.78 is 0. The first kappa shape index (κ1) is 10.7. The molecule has 1 aliphatic heterocycles. The molecule has 0 spiro atoms. The smallest absolute Gasteiger partial charge is 0.0934 e. The van der Waals surface area contributed by atoms with Crippen molar-refractivity contribution in [2.45, 2.75) is 13.3 Å². The molecule has 0 bridgehead atoms. The van der Waals surface area contributed by atoms with Gasteiger partial charge in [0.05, 0.1) is 11.4 Å². The van der Waals surface area contributed by atoms with Gasteiger partial charge in [-0.1, -0.05) is 37.8 Å². The second kappa shape index (κ2) is 4.35. The van der Waals surface area contributed by atoms with Crippen LogP contribution in [0.1, 0.15) is 24.5 Å². The Hall–Kier alpha value is -1.83. The second-order valence-electron chi connectivity index (χ2n) is 3.82. The van der Waals surface area contributed by atoms with E-state index >= 15 is 0 Å². The highest BCUT2D eigenvalue weighted by molar-refractivity contribution is 5.89. The van der Waals surface area contributed by atoms with Crippen LogP contribution in [0.3, 0.4) is 0 Å². The van der Waals surface area contributed by atoms with E-state index in [4.69, 9.17) is 0 Å². The van der Waals surface area contributed by atoms with E-state index in [0.29, 0.717) is 0 Å². The van der Waals surface area contributed by atoms with Crippen LogP contribution in [0, 0.1) is 0 Å². The van der Waals surface area contributed by atoms with Gasteiger partial charge in [0.2, 0.25) is 0 Å². The van der Waals surface area contributed by atoms with E-state index in [1.165, 1.54) is 5.56 Å². The van der Waals surface area contributed by atoms with Gasteiger partial charge in [-0.15, -0.1) is 0 Å². The molecule has 0 aromatic heterocycles. The maximum absolute atomic E-state index is 4.15. The Morgan fingerprint density at radius 3 is 3.00 bits per heavy atom. The van der Waals surface area contributed by atoms with Gasteiger partial charge in [0.1, 0.15) is 0 Å². The number of hydrogen-bond donors (Lipinski definition) is 1. The molecule has 16 heavy (non-hydrogen) atoms. The van der Waals surface area contributed by atoms with Crippen molar-refractivity contribution in [1.82, 2.24) is 0 Å². The minimum Gasteiger partial charge on any atom is -0.379 e. The molecule has 0 atom stereocenters. The average molecular weight is 212 g/mol. The van der Waals surface area contributed by atoms with Crippen LogP contribution in [0.2, 0.25) is 0 Å². The van der Waals surface area contributed by atoms with Crippen molar-refractivity contribution in [3.8, 4) is 0 Å². The standard InChI is InChI=1S/C14H16N2/c1-4-10(2)12-8-7-11-6-5-9-16-13(11)14(12)15-3/h5-8,16H,2-4,9H2,1H3. The van der Waals surface area contributed by atoms with Crippen LogP contribution < -0.4 is 5.32 Å². The molecule has 0 radical (unpaired) electrons. The topological polar surface area (TPSA) is 24.4 Å². The molecule has 0 aliphatic carbocycles. The zero-order chi connectivity index (χ0) is 11.5. The van der Waals surface area contributed by atoms with Gasteiger partial charge in [-0.3, -0.25) is 4.99 Å². The Balaban J connectivity index is 2.61. The Morgan fingerprint density at radius 1 is 1.50 bits per heavy atom. The molecule has 1 heterocycles. The zero-order valence-corrected chi connectivity index (χ0v) is 9.59. The van der Waals surface area contributed by atoms with Gasteiger partial charge in [-0.05, 0) is 24.3 Å². The molecule has 2 rings (SSSR count). The van der Waals surface area contributed by atoms with Gasteiger partial charge in [-0.2, -0.15) is 0 Å². The summed E-state index contributed by atoms with van der Waals surface area (Å²) in [6, 6.07) is 4.18. The summed E-state index contributed by atoms with van der Waals surface area (Å²) in [6.45, 7) is 10.7. The van der Waals surface area contributed by atoms with Crippen molar-refractivity contribution in [1.29, 1.82) is 0 Å². The summed E-state index contributed by atoms with van der Waals surface area (Å²) in [7, 11) is 0. The summed E-state index contributed by atoms with van der Waals surface area (Å²) in [4.78, 5) is 4.15. The predicted molar refractivity (Wildman–Crippen MR) is 72.5 cm³/mol. The van der Waals surface area contributed by atoms with Crippen LogP contribution in [0.15, 0.2) is 29.8 Å². The van der Waals surface area contributed by atoms with Crippen molar-refractivity contribution in [2.75, 3.05) is 11.9 Å². The summed E-state index contributed by atoms with van der Waals surface area (Å²) in [5.41, 5.74) is 5.36. The third-order valence-corrected chi connectivity index (χ3v) is 2.87. The van der Waals surface area contributed by atoms with E-state index in [9.17, 15) is 0 Å². The third kappa shape index (κ3) is 1.67. The van der Waals surface area contributed by atoms with Crippen LogP contribution in [-0.2, 0) is 0 Å². The lowest BCUT2D eigenvalue weighted by Gasteiger charge is -2.18. The van der Waals surface area contributed by atoms with Crippen molar-refractivity contribution < 1.29 is 0 Å².